The minimum Gasteiger partial charge on any atom is -0.494 e. The maximum Gasteiger partial charge on any atom is 0.124 e. The predicted octanol–water partition coefficient (Wildman–Crippen LogP) is 3.54. The number of rotatable bonds is 3. The minimum atomic E-state index is 0.115. The number of hydrogen-bond acceptors (Lipinski definition) is 4. The molecule has 4 heteroatoms. The van der Waals surface area contributed by atoms with Crippen molar-refractivity contribution in [3.8, 4) is 16.3 Å². The quantitative estimate of drug-likeness (QED) is 0.931. The fraction of sp³-hybridized carbons (Fsp3) is 0.400. The lowest BCUT2D eigenvalue weighted by Gasteiger charge is -2.15. The number of hydrogen-bond donors (Lipinski definition) is 1. The molecule has 1 aromatic carbocycles. The van der Waals surface area contributed by atoms with E-state index in [1.807, 2.05) is 19.1 Å². The molecule has 19 heavy (non-hydrogen) atoms. The summed E-state index contributed by atoms with van der Waals surface area (Å²) in [5.74, 6) is 0.900. The first kappa shape index (κ1) is 12.6. The van der Waals surface area contributed by atoms with Gasteiger partial charge in [-0.05, 0) is 38.3 Å². The largest absolute Gasteiger partial charge is 0.494 e. The SMILES string of the molecule is CCOc1cccc(-c2nc3c(s2)CCCC3N)c1. The van der Waals surface area contributed by atoms with Crippen LogP contribution < -0.4 is 10.5 Å². The van der Waals surface area contributed by atoms with Crippen molar-refractivity contribution in [2.24, 2.45) is 5.73 Å². The van der Waals surface area contributed by atoms with Crippen molar-refractivity contribution in [1.82, 2.24) is 4.98 Å². The first-order chi connectivity index (χ1) is 9.28. The Balaban J connectivity index is 1.96. The van der Waals surface area contributed by atoms with Gasteiger partial charge in [-0.2, -0.15) is 0 Å². The van der Waals surface area contributed by atoms with Crippen LogP contribution in [0.4, 0.5) is 0 Å². The van der Waals surface area contributed by atoms with Crippen LogP contribution in [0.15, 0.2) is 24.3 Å². The highest BCUT2D eigenvalue weighted by Crippen LogP contribution is 2.36. The van der Waals surface area contributed by atoms with Crippen molar-refractivity contribution in [2.45, 2.75) is 32.2 Å². The molecule has 1 unspecified atom stereocenters. The lowest BCUT2D eigenvalue weighted by atomic mass is 9.99. The fourth-order valence-electron chi connectivity index (χ4n) is 2.46. The Labute approximate surface area is 117 Å². The molecule has 0 saturated carbocycles. The summed E-state index contributed by atoms with van der Waals surface area (Å²) in [6, 6.07) is 8.24. The van der Waals surface area contributed by atoms with Crippen LogP contribution in [0.5, 0.6) is 5.75 Å². The van der Waals surface area contributed by atoms with Crippen LogP contribution in [0.3, 0.4) is 0 Å². The molecule has 0 spiro atoms. The Morgan fingerprint density at radius 1 is 1.47 bits per heavy atom. The summed E-state index contributed by atoms with van der Waals surface area (Å²) in [6.07, 6.45) is 3.34. The molecule has 1 aliphatic carbocycles. The summed E-state index contributed by atoms with van der Waals surface area (Å²) in [4.78, 5) is 6.10. The molecule has 0 radical (unpaired) electrons. The van der Waals surface area contributed by atoms with Crippen molar-refractivity contribution in [2.75, 3.05) is 6.61 Å². The van der Waals surface area contributed by atoms with Crippen LogP contribution in [0.25, 0.3) is 10.6 Å². The van der Waals surface area contributed by atoms with Crippen LogP contribution in [0.1, 0.15) is 36.4 Å². The predicted molar refractivity (Wildman–Crippen MR) is 78.6 cm³/mol. The lowest BCUT2D eigenvalue weighted by Crippen LogP contribution is -2.16. The van der Waals surface area contributed by atoms with Gasteiger partial charge in [0.05, 0.1) is 12.3 Å². The first-order valence-electron chi connectivity index (χ1n) is 6.76. The highest BCUT2D eigenvalue weighted by molar-refractivity contribution is 7.15. The van der Waals surface area contributed by atoms with Gasteiger partial charge in [-0.3, -0.25) is 0 Å². The van der Waals surface area contributed by atoms with Crippen molar-refractivity contribution in [3.63, 3.8) is 0 Å². The maximum absolute atomic E-state index is 6.13. The second kappa shape index (κ2) is 5.31. The molecule has 100 valence electrons. The number of benzene rings is 1. The molecule has 3 rings (SSSR count). The summed E-state index contributed by atoms with van der Waals surface area (Å²) in [5.41, 5.74) is 8.36. The van der Waals surface area contributed by atoms with Gasteiger partial charge in [0, 0.05) is 16.5 Å². The third kappa shape index (κ3) is 2.51. The van der Waals surface area contributed by atoms with E-state index in [-0.39, 0.29) is 6.04 Å². The normalized spacial score (nSPS) is 18.1. The summed E-state index contributed by atoms with van der Waals surface area (Å²) < 4.78 is 5.54. The number of aryl methyl sites for hydroxylation is 1. The highest BCUT2D eigenvalue weighted by atomic mass is 32.1. The van der Waals surface area contributed by atoms with Gasteiger partial charge >= 0.3 is 0 Å². The van der Waals surface area contributed by atoms with Crippen LogP contribution in [-0.4, -0.2) is 11.6 Å². The molecule has 0 amide bonds. The summed E-state index contributed by atoms with van der Waals surface area (Å²) in [5, 5.41) is 1.06. The second-order valence-electron chi connectivity index (χ2n) is 4.79. The third-order valence-corrected chi connectivity index (χ3v) is 4.57. The number of nitrogens with zero attached hydrogens (tertiary/aromatic N) is 1. The zero-order valence-corrected chi connectivity index (χ0v) is 11.9. The van der Waals surface area contributed by atoms with Crippen LogP contribution >= 0.6 is 11.3 Å². The van der Waals surface area contributed by atoms with Gasteiger partial charge in [0.1, 0.15) is 10.8 Å². The molecule has 0 bridgehead atoms. The molecule has 1 aliphatic rings. The van der Waals surface area contributed by atoms with Crippen molar-refractivity contribution < 1.29 is 4.74 Å². The van der Waals surface area contributed by atoms with Crippen molar-refractivity contribution >= 4 is 11.3 Å². The zero-order valence-electron chi connectivity index (χ0n) is 11.1. The Hall–Kier alpha value is -1.39. The molecule has 0 aliphatic heterocycles. The maximum atomic E-state index is 6.13. The fourth-order valence-corrected chi connectivity index (χ4v) is 3.63. The van der Waals surface area contributed by atoms with Crippen LogP contribution in [-0.2, 0) is 6.42 Å². The molecule has 1 heterocycles. The van der Waals surface area contributed by atoms with Gasteiger partial charge in [0.2, 0.25) is 0 Å². The molecule has 0 fully saturated rings. The topological polar surface area (TPSA) is 48.1 Å². The number of thiazole rings is 1. The Kier molecular flexibility index (Phi) is 3.53. The van der Waals surface area contributed by atoms with E-state index in [0.29, 0.717) is 6.61 Å². The van der Waals surface area contributed by atoms with E-state index < -0.39 is 0 Å². The number of fused-ring (bicyclic) bond motifs is 1. The highest BCUT2D eigenvalue weighted by Gasteiger charge is 2.22. The Morgan fingerprint density at radius 2 is 2.37 bits per heavy atom. The van der Waals surface area contributed by atoms with Crippen molar-refractivity contribution in [1.29, 1.82) is 0 Å². The van der Waals surface area contributed by atoms with E-state index in [4.69, 9.17) is 15.5 Å². The molecule has 1 atom stereocenters. The van der Waals surface area contributed by atoms with E-state index >= 15 is 0 Å². The average molecular weight is 274 g/mol. The van der Waals surface area contributed by atoms with E-state index in [9.17, 15) is 0 Å². The summed E-state index contributed by atoms with van der Waals surface area (Å²) in [7, 11) is 0. The Morgan fingerprint density at radius 3 is 3.16 bits per heavy atom. The average Bonchev–Trinajstić information content (AvgIpc) is 2.85. The van der Waals surface area contributed by atoms with Crippen LogP contribution in [0.2, 0.25) is 0 Å². The van der Waals surface area contributed by atoms with Crippen molar-refractivity contribution in [3.05, 3.63) is 34.8 Å². The number of nitrogens with two attached hydrogens (primary N) is 1. The summed E-state index contributed by atoms with van der Waals surface area (Å²) >= 11 is 1.77. The standard InChI is InChI=1S/C15H18N2OS/c1-2-18-11-6-3-5-10(9-11)15-17-14-12(16)7-4-8-13(14)19-15/h3,5-6,9,12H,2,4,7-8,16H2,1H3. The van der Waals surface area contributed by atoms with Gasteiger partial charge in [-0.15, -0.1) is 11.3 Å². The summed E-state index contributed by atoms with van der Waals surface area (Å²) in [6.45, 7) is 2.68. The molecule has 0 saturated heterocycles. The van der Waals surface area contributed by atoms with E-state index in [2.05, 4.69) is 12.1 Å². The molecule has 1 aromatic heterocycles. The van der Waals surface area contributed by atoms with Gasteiger partial charge in [0.15, 0.2) is 0 Å². The van der Waals surface area contributed by atoms with E-state index in [1.54, 1.807) is 11.3 Å². The molecule has 2 aromatic rings. The Bertz CT molecular complexity index is 579. The molecular formula is C15H18N2OS. The van der Waals surface area contributed by atoms with E-state index in [0.717, 1.165) is 34.9 Å². The molecule has 3 nitrogen and oxygen atoms in total. The van der Waals surface area contributed by atoms with E-state index in [1.165, 1.54) is 11.3 Å². The smallest absolute Gasteiger partial charge is 0.124 e. The second-order valence-corrected chi connectivity index (χ2v) is 5.87. The molecular weight excluding hydrogens is 256 g/mol. The number of aromatic nitrogens is 1. The molecule has 2 N–H and O–H groups in total. The first-order valence-corrected chi connectivity index (χ1v) is 7.58. The van der Waals surface area contributed by atoms with Gasteiger partial charge in [-0.25, -0.2) is 4.98 Å². The monoisotopic (exact) mass is 274 g/mol. The minimum absolute atomic E-state index is 0.115. The van der Waals surface area contributed by atoms with Gasteiger partial charge in [0.25, 0.3) is 0 Å². The lowest BCUT2D eigenvalue weighted by molar-refractivity contribution is 0.340. The van der Waals surface area contributed by atoms with Gasteiger partial charge < -0.3 is 10.5 Å². The third-order valence-electron chi connectivity index (χ3n) is 3.39. The zero-order chi connectivity index (χ0) is 13.2. The van der Waals surface area contributed by atoms with Crippen LogP contribution in [0, 0.1) is 0 Å². The number of ether oxygens (including phenoxy) is 1. The van der Waals surface area contributed by atoms with Gasteiger partial charge in [-0.1, -0.05) is 12.1 Å².